The van der Waals surface area contributed by atoms with Crippen molar-refractivity contribution < 1.29 is 4.79 Å². The minimum atomic E-state index is -0.302. The molecule has 0 fully saturated rings. The molecule has 6 nitrogen and oxygen atoms in total. The minimum Gasteiger partial charge on any atom is -0.366 e. The molecule has 1 amide bonds. The molecule has 2 aromatic rings. The van der Waals surface area contributed by atoms with Gasteiger partial charge >= 0.3 is 0 Å². The van der Waals surface area contributed by atoms with E-state index in [9.17, 15) is 4.79 Å². The molecule has 0 radical (unpaired) electrons. The van der Waals surface area contributed by atoms with Crippen molar-refractivity contribution in [3.8, 4) is 0 Å². The van der Waals surface area contributed by atoms with Gasteiger partial charge in [-0.3, -0.25) is 9.89 Å². The predicted molar refractivity (Wildman–Crippen MR) is 76.9 cm³/mol. The number of nitrogens with one attached hydrogen (secondary N) is 2. The first-order valence-electron chi connectivity index (χ1n) is 6.60. The molecule has 0 aliphatic rings. The molecule has 20 heavy (non-hydrogen) atoms. The Morgan fingerprint density at radius 1 is 1.35 bits per heavy atom. The van der Waals surface area contributed by atoms with Crippen LogP contribution in [0.1, 0.15) is 42.5 Å². The molecule has 0 bridgehead atoms. The fraction of sp³-hybridized carbons (Fsp3) is 0.357. The molecular weight excluding hydrogens is 254 g/mol. The van der Waals surface area contributed by atoms with Crippen molar-refractivity contribution in [3.63, 3.8) is 0 Å². The van der Waals surface area contributed by atoms with Crippen LogP contribution in [-0.4, -0.2) is 21.1 Å². The fourth-order valence-electron chi connectivity index (χ4n) is 2.04. The van der Waals surface area contributed by atoms with Gasteiger partial charge in [0.25, 0.3) is 5.91 Å². The number of nitrogens with two attached hydrogens (primary N) is 1. The Morgan fingerprint density at radius 2 is 2.05 bits per heavy atom. The van der Waals surface area contributed by atoms with Gasteiger partial charge in [-0.25, -0.2) is 0 Å². The zero-order valence-corrected chi connectivity index (χ0v) is 11.6. The summed E-state index contributed by atoms with van der Waals surface area (Å²) >= 11 is 0. The largest absolute Gasteiger partial charge is 0.366 e. The lowest BCUT2D eigenvalue weighted by Crippen LogP contribution is -2.30. The summed E-state index contributed by atoms with van der Waals surface area (Å²) in [7, 11) is 0. The van der Waals surface area contributed by atoms with E-state index in [2.05, 4.69) is 34.3 Å². The molecule has 0 aliphatic heterocycles. The van der Waals surface area contributed by atoms with Crippen LogP contribution in [0.2, 0.25) is 0 Å². The van der Waals surface area contributed by atoms with Gasteiger partial charge in [-0.05, 0) is 17.9 Å². The van der Waals surface area contributed by atoms with E-state index in [0.717, 1.165) is 12.0 Å². The molecule has 1 unspecified atom stereocenters. The Bertz CT molecular complexity index is 564. The number of carbonyl (C=O) groups excluding carboxylic acids is 1. The molecule has 2 rings (SSSR count). The van der Waals surface area contributed by atoms with Crippen LogP contribution in [0, 0.1) is 5.92 Å². The number of nitrogens with zero attached hydrogens (tertiary/aromatic N) is 2. The van der Waals surface area contributed by atoms with Crippen LogP contribution in [0.4, 0.5) is 5.95 Å². The molecule has 0 spiro atoms. The van der Waals surface area contributed by atoms with Crippen LogP contribution in [0.25, 0.3) is 0 Å². The highest BCUT2D eigenvalue weighted by molar-refractivity contribution is 5.90. The van der Waals surface area contributed by atoms with Gasteiger partial charge in [-0.15, -0.1) is 5.10 Å². The number of rotatable bonds is 5. The van der Waals surface area contributed by atoms with Crippen LogP contribution in [0.3, 0.4) is 0 Å². The van der Waals surface area contributed by atoms with Crippen molar-refractivity contribution in [1.29, 1.82) is 0 Å². The second-order valence-electron chi connectivity index (χ2n) is 5.11. The molecule has 0 aliphatic carbocycles. The maximum absolute atomic E-state index is 12.1. The highest BCUT2D eigenvalue weighted by Gasteiger charge is 2.19. The number of benzene rings is 1. The summed E-state index contributed by atoms with van der Waals surface area (Å²) in [5.41, 5.74) is 6.48. The number of nitrogen functional groups attached to an aromatic ring is 1. The molecule has 0 saturated carbocycles. The molecule has 1 atom stereocenters. The molecule has 1 aromatic heterocycles. The van der Waals surface area contributed by atoms with Crippen LogP contribution in [0.15, 0.2) is 30.3 Å². The van der Waals surface area contributed by atoms with E-state index in [1.807, 2.05) is 30.3 Å². The number of anilines is 1. The monoisotopic (exact) mass is 273 g/mol. The smallest absolute Gasteiger partial charge is 0.289 e. The van der Waals surface area contributed by atoms with Gasteiger partial charge in [0.1, 0.15) is 0 Å². The van der Waals surface area contributed by atoms with Gasteiger partial charge < -0.3 is 11.1 Å². The van der Waals surface area contributed by atoms with Crippen molar-refractivity contribution in [1.82, 2.24) is 20.5 Å². The van der Waals surface area contributed by atoms with Gasteiger partial charge in [-0.1, -0.05) is 44.2 Å². The van der Waals surface area contributed by atoms with E-state index in [1.54, 1.807) is 0 Å². The van der Waals surface area contributed by atoms with E-state index < -0.39 is 0 Å². The summed E-state index contributed by atoms with van der Waals surface area (Å²) < 4.78 is 0. The van der Waals surface area contributed by atoms with Gasteiger partial charge in [0.05, 0.1) is 6.04 Å². The summed E-state index contributed by atoms with van der Waals surface area (Å²) in [4.78, 5) is 16.0. The number of carbonyl (C=O) groups is 1. The lowest BCUT2D eigenvalue weighted by Gasteiger charge is -2.20. The van der Waals surface area contributed by atoms with E-state index in [-0.39, 0.29) is 23.7 Å². The normalized spacial score (nSPS) is 12.3. The van der Waals surface area contributed by atoms with Crippen molar-refractivity contribution >= 4 is 11.9 Å². The van der Waals surface area contributed by atoms with Crippen LogP contribution >= 0.6 is 0 Å². The number of hydrogen-bond donors (Lipinski definition) is 3. The first-order valence-corrected chi connectivity index (χ1v) is 6.60. The van der Waals surface area contributed by atoms with Gasteiger partial charge in [0, 0.05) is 0 Å². The van der Waals surface area contributed by atoms with E-state index in [0.29, 0.717) is 5.92 Å². The van der Waals surface area contributed by atoms with E-state index in [1.165, 1.54) is 0 Å². The third-order valence-electron chi connectivity index (χ3n) is 2.93. The lowest BCUT2D eigenvalue weighted by atomic mass is 9.97. The summed E-state index contributed by atoms with van der Waals surface area (Å²) in [6, 6.07) is 9.82. The summed E-state index contributed by atoms with van der Waals surface area (Å²) in [6.07, 6.45) is 0.847. The Balaban J connectivity index is 2.14. The number of hydrogen-bond acceptors (Lipinski definition) is 4. The first-order chi connectivity index (χ1) is 9.56. The van der Waals surface area contributed by atoms with Gasteiger partial charge in [0.15, 0.2) is 0 Å². The molecule has 106 valence electrons. The van der Waals surface area contributed by atoms with Crippen LogP contribution in [-0.2, 0) is 0 Å². The Kier molecular flexibility index (Phi) is 4.34. The number of H-pyrrole nitrogens is 1. The van der Waals surface area contributed by atoms with Crippen LogP contribution in [0.5, 0.6) is 0 Å². The Labute approximate surface area is 117 Å². The van der Waals surface area contributed by atoms with Gasteiger partial charge in [-0.2, -0.15) is 4.98 Å². The molecule has 1 heterocycles. The number of aromatic amines is 1. The standard InChI is InChI=1S/C14H19N5O/c1-9(2)8-11(10-6-4-3-5-7-10)16-13(20)12-17-14(15)19-18-12/h3-7,9,11H,8H2,1-2H3,(H,16,20)(H3,15,17,18,19). The molecule has 4 N–H and O–H groups in total. The maximum atomic E-state index is 12.1. The van der Waals surface area contributed by atoms with Crippen LogP contribution < -0.4 is 11.1 Å². The topological polar surface area (TPSA) is 96.7 Å². The number of amides is 1. The minimum absolute atomic E-state index is 0.0602. The average Bonchev–Trinajstić information content (AvgIpc) is 2.85. The Morgan fingerprint density at radius 3 is 2.60 bits per heavy atom. The highest BCUT2D eigenvalue weighted by Crippen LogP contribution is 2.21. The van der Waals surface area contributed by atoms with Crippen molar-refractivity contribution in [2.75, 3.05) is 5.73 Å². The van der Waals surface area contributed by atoms with Crippen molar-refractivity contribution in [2.24, 2.45) is 5.92 Å². The zero-order chi connectivity index (χ0) is 14.5. The molecule has 0 saturated heterocycles. The second-order valence-corrected chi connectivity index (χ2v) is 5.11. The van der Waals surface area contributed by atoms with Crippen molar-refractivity contribution in [2.45, 2.75) is 26.3 Å². The Hall–Kier alpha value is -2.37. The molecule has 1 aromatic carbocycles. The summed E-state index contributed by atoms with van der Waals surface area (Å²) in [5.74, 6) is 0.353. The lowest BCUT2D eigenvalue weighted by molar-refractivity contribution is 0.0922. The summed E-state index contributed by atoms with van der Waals surface area (Å²) in [5, 5.41) is 9.14. The molecule has 6 heteroatoms. The quantitative estimate of drug-likeness (QED) is 0.775. The fourth-order valence-corrected chi connectivity index (χ4v) is 2.04. The number of aromatic nitrogens is 3. The first kappa shape index (κ1) is 14.0. The average molecular weight is 273 g/mol. The predicted octanol–water partition coefficient (Wildman–Crippen LogP) is 1.90. The zero-order valence-electron chi connectivity index (χ0n) is 11.6. The highest BCUT2D eigenvalue weighted by atomic mass is 16.2. The second kappa shape index (κ2) is 6.18. The van der Waals surface area contributed by atoms with E-state index >= 15 is 0 Å². The third-order valence-corrected chi connectivity index (χ3v) is 2.93. The SMILES string of the molecule is CC(C)CC(NC(=O)c1nc(N)n[nH]1)c1ccccc1. The summed E-state index contributed by atoms with van der Waals surface area (Å²) in [6.45, 7) is 4.24. The maximum Gasteiger partial charge on any atom is 0.289 e. The van der Waals surface area contributed by atoms with E-state index in [4.69, 9.17) is 5.73 Å². The molecular formula is C14H19N5O. The third kappa shape index (κ3) is 3.57. The van der Waals surface area contributed by atoms with Gasteiger partial charge in [0.2, 0.25) is 11.8 Å². The van der Waals surface area contributed by atoms with Crippen molar-refractivity contribution in [3.05, 3.63) is 41.7 Å².